The fraction of sp³-hybridized carbons (Fsp3) is 0.444. The Morgan fingerprint density at radius 2 is 1.89 bits per heavy atom. The van der Waals surface area contributed by atoms with E-state index in [4.69, 9.17) is 4.42 Å². The van der Waals surface area contributed by atoms with Crippen molar-refractivity contribution in [3.63, 3.8) is 0 Å². The van der Waals surface area contributed by atoms with E-state index in [1.54, 1.807) is 6.92 Å². The van der Waals surface area contributed by atoms with Crippen LogP contribution in [0.25, 0.3) is 0 Å². The smallest absolute Gasteiger partial charge is 0.274 e. The van der Waals surface area contributed by atoms with Crippen LogP contribution in [0.4, 0.5) is 0 Å². The van der Waals surface area contributed by atoms with Gasteiger partial charge in [0.2, 0.25) is 15.1 Å². The fourth-order valence-corrected chi connectivity index (χ4v) is 3.27. The van der Waals surface area contributed by atoms with Crippen LogP contribution in [0, 0.1) is 0 Å². The molecule has 0 aliphatic heterocycles. The van der Waals surface area contributed by atoms with Crippen LogP contribution < -0.4 is 9.44 Å². The van der Waals surface area contributed by atoms with Gasteiger partial charge in [0.15, 0.2) is 12.0 Å². The molecule has 0 amide bonds. The van der Waals surface area contributed by atoms with Crippen molar-refractivity contribution in [2.75, 3.05) is 18.8 Å². The summed E-state index contributed by atoms with van der Waals surface area (Å²) < 4.78 is 55.0. The predicted molar refractivity (Wildman–Crippen MR) is 66.7 cm³/mol. The van der Waals surface area contributed by atoms with Crippen LogP contribution >= 0.6 is 0 Å². The average Bonchev–Trinajstić information content (AvgIpc) is 2.77. The topological polar surface area (TPSA) is 123 Å². The van der Waals surface area contributed by atoms with Crippen molar-refractivity contribution >= 4 is 26.3 Å². The van der Waals surface area contributed by atoms with E-state index in [1.807, 2.05) is 0 Å². The number of carbonyl (C=O) groups is 1. The minimum Gasteiger partial charge on any atom is -0.440 e. The summed E-state index contributed by atoms with van der Waals surface area (Å²) in [6, 6.07) is 2.32. The zero-order valence-corrected chi connectivity index (χ0v) is 11.8. The third-order valence-electron chi connectivity index (χ3n) is 2.01. The molecule has 1 heterocycles. The van der Waals surface area contributed by atoms with E-state index in [-0.39, 0.29) is 24.6 Å². The Balaban J connectivity index is 2.64. The Morgan fingerprint density at radius 1 is 1.21 bits per heavy atom. The molecule has 10 heteroatoms. The van der Waals surface area contributed by atoms with Crippen molar-refractivity contribution in [3.8, 4) is 0 Å². The molecule has 1 aromatic rings. The molecule has 1 rings (SSSR count). The van der Waals surface area contributed by atoms with Crippen molar-refractivity contribution in [3.05, 3.63) is 17.9 Å². The highest BCUT2D eigenvalue weighted by Gasteiger charge is 2.19. The minimum absolute atomic E-state index is 0.124. The second-order valence-corrected chi connectivity index (χ2v) is 7.11. The predicted octanol–water partition coefficient (Wildman–Crippen LogP) is -0.690. The Labute approximate surface area is 111 Å². The Kier molecular flexibility index (Phi) is 5.23. The van der Waals surface area contributed by atoms with E-state index in [1.165, 1.54) is 6.07 Å². The van der Waals surface area contributed by atoms with Crippen LogP contribution in [0.3, 0.4) is 0 Å². The molecule has 2 N–H and O–H groups in total. The van der Waals surface area contributed by atoms with Gasteiger partial charge in [-0.05, 0) is 12.1 Å². The van der Waals surface area contributed by atoms with Gasteiger partial charge >= 0.3 is 0 Å². The minimum atomic E-state index is -3.95. The highest BCUT2D eigenvalue weighted by Crippen LogP contribution is 2.11. The number of furan rings is 1. The molecule has 0 spiro atoms. The lowest BCUT2D eigenvalue weighted by atomic mass is 10.5. The molecule has 8 nitrogen and oxygen atoms in total. The SMILES string of the molecule is CCNS(=O)(=O)CCNS(=O)(=O)c1ccc(C=O)o1. The second kappa shape index (κ2) is 6.28. The molecule has 1 aromatic heterocycles. The molecule has 108 valence electrons. The highest BCUT2D eigenvalue weighted by atomic mass is 32.2. The van der Waals surface area contributed by atoms with Gasteiger partial charge in [0.05, 0.1) is 5.75 Å². The number of sulfonamides is 2. The first kappa shape index (κ1) is 15.8. The van der Waals surface area contributed by atoms with Crippen molar-refractivity contribution in [1.82, 2.24) is 9.44 Å². The van der Waals surface area contributed by atoms with Gasteiger partial charge in [-0.25, -0.2) is 26.3 Å². The Morgan fingerprint density at radius 3 is 2.42 bits per heavy atom. The van der Waals surface area contributed by atoms with E-state index in [2.05, 4.69) is 9.44 Å². The molecule has 0 radical (unpaired) electrons. The normalized spacial score (nSPS) is 12.5. The van der Waals surface area contributed by atoms with Crippen molar-refractivity contribution in [1.29, 1.82) is 0 Å². The molecular weight excluding hydrogens is 296 g/mol. The molecule has 0 atom stereocenters. The largest absolute Gasteiger partial charge is 0.440 e. The molecule has 0 aromatic carbocycles. The van der Waals surface area contributed by atoms with Gasteiger partial charge in [-0.1, -0.05) is 6.92 Å². The zero-order valence-electron chi connectivity index (χ0n) is 10.1. The van der Waals surface area contributed by atoms with E-state index in [0.717, 1.165) is 6.07 Å². The lowest BCUT2D eigenvalue weighted by Crippen LogP contribution is -2.34. The number of rotatable bonds is 8. The first-order valence-corrected chi connectivity index (χ1v) is 8.46. The first-order chi connectivity index (χ1) is 8.80. The van der Waals surface area contributed by atoms with Crippen molar-refractivity contribution in [2.24, 2.45) is 0 Å². The summed E-state index contributed by atoms with van der Waals surface area (Å²) in [6.07, 6.45) is 0.370. The number of hydrogen-bond acceptors (Lipinski definition) is 6. The van der Waals surface area contributed by atoms with Crippen LogP contribution in [0.1, 0.15) is 17.5 Å². The molecule has 0 bridgehead atoms. The van der Waals surface area contributed by atoms with Crippen LogP contribution in [-0.2, 0) is 20.0 Å². The summed E-state index contributed by atoms with van der Waals surface area (Å²) in [5.74, 6) is -0.512. The summed E-state index contributed by atoms with van der Waals surface area (Å²) in [5, 5.41) is -0.435. The standard InChI is InChI=1S/C9H14N2O6S2/c1-2-10-18(13,14)6-5-11-19(15,16)9-4-3-8(7-12)17-9/h3-4,7,10-11H,2,5-6H2,1H3. The van der Waals surface area contributed by atoms with Gasteiger partial charge in [-0.3, -0.25) is 4.79 Å². The van der Waals surface area contributed by atoms with Gasteiger partial charge in [-0.2, -0.15) is 0 Å². The van der Waals surface area contributed by atoms with E-state index >= 15 is 0 Å². The lowest BCUT2D eigenvalue weighted by Gasteiger charge is -2.05. The third kappa shape index (κ3) is 4.74. The third-order valence-corrected chi connectivity index (χ3v) is 4.81. The number of carbonyl (C=O) groups excluding carboxylic acids is 1. The maximum Gasteiger partial charge on any atom is 0.274 e. The van der Waals surface area contributed by atoms with Gasteiger partial charge in [0, 0.05) is 13.1 Å². The molecule has 0 fully saturated rings. The maximum absolute atomic E-state index is 11.7. The maximum atomic E-state index is 11.7. The van der Waals surface area contributed by atoms with Gasteiger partial charge < -0.3 is 4.42 Å². The van der Waals surface area contributed by atoms with Crippen molar-refractivity contribution in [2.45, 2.75) is 12.0 Å². The monoisotopic (exact) mass is 310 g/mol. The summed E-state index contributed by atoms with van der Waals surface area (Å²) in [6.45, 7) is 1.55. The number of aldehydes is 1. The summed E-state index contributed by atoms with van der Waals surface area (Å²) in [4.78, 5) is 10.4. The highest BCUT2D eigenvalue weighted by molar-refractivity contribution is 7.90. The van der Waals surface area contributed by atoms with Crippen LogP contribution in [-0.4, -0.2) is 42.0 Å². The summed E-state index contributed by atoms with van der Waals surface area (Å²) >= 11 is 0. The first-order valence-electron chi connectivity index (χ1n) is 5.33. The van der Waals surface area contributed by atoms with E-state index in [9.17, 15) is 21.6 Å². The molecule has 0 aliphatic carbocycles. The van der Waals surface area contributed by atoms with Gasteiger partial charge in [0.25, 0.3) is 10.0 Å². The quantitative estimate of drug-likeness (QED) is 0.613. The van der Waals surface area contributed by atoms with E-state index in [0.29, 0.717) is 6.29 Å². The van der Waals surface area contributed by atoms with Crippen molar-refractivity contribution < 1.29 is 26.0 Å². The summed E-state index contributed by atoms with van der Waals surface area (Å²) in [7, 11) is -7.45. The molecule has 0 unspecified atom stereocenters. The molecular formula is C9H14N2O6S2. The van der Waals surface area contributed by atoms with E-state index < -0.39 is 25.1 Å². The van der Waals surface area contributed by atoms with Gasteiger partial charge in [-0.15, -0.1) is 0 Å². The lowest BCUT2D eigenvalue weighted by molar-refractivity contribution is 0.109. The molecule has 0 aliphatic rings. The summed E-state index contributed by atoms with van der Waals surface area (Å²) in [5.41, 5.74) is 0. The molecule has 0 saturated carbocycles. The number of nitrogens with one attached hydrogen (secondary N) is 2. The zero-order chi connectivity index (χ0) is 14.5. The fourth-order valence-electron chi connectivity index (χ4n) is 1.22. The average molecular weight is 310 g/mol. The molecule has 19 heavy (non-hydrogen) atoms. The Hall–Kier alpha value is -1.23. The second-order valence-electron chi connectivity index (χ2n) is 3.49. The van der Waals surface area contributed by atoms with Gasteiger partial charge in [0.1, 0.15) is 0 Å². The number of hydrogen-bond donors (Lipinski definition) is 2. The van der Waals surface area contributed by atoms with Crippen LogP contribution in [0.2, 0.25) is 0 Å². The van der Waals surface area contributed by atoms with Crippen LogP contribution in [0.15, 0.2) is 21.6 Å². The Bertz CT molecular complexity index is 631. The van der Waals surface area contributed by atoms with Crippen LogP contribution in [0.5, 0.6) is 0 Å². The molecule has 0 saturated heterocycles.